The second-order valence-corrected chi connectivity index (χ2v) is 3.14. The SMILES string of the molecule is [O-]N(O)c1ccc2ccnc(Cl)c2c1. The third kappa shape index (κ3) is 1.50. The molecule has 14 heavy (non-hydrogen) atoms. The van der Waals surface area contributed by atoms with E-state index in [0.717, 1.165) is 5.39 Å². The largest absolute Gasteiger partial charge is 0.733 e. The lowest BCUT2D eigenvalue weighted by Gasteiger charge is -2.21. The van der Waals surface area contributed by atoms with E-state index < -0.39 is 0 Å². The van der Waals surface area contributed by atoms with E-state index in [1.807, 2.05) is 0 Å². The van der Waals surface area contributed by atoms with Crippen LogP contribution in [0.5, 0.6) is 0 Å². The second kappa shape index (κ2) is 3.42. The molecule has 0 bridgehead atoms. The van der Waals surface area contributed by atoms with E-state index in [2.05, 4.69) is 4.98 Å². The van der Waals surface area contributed by atoms with Crippen LogP contribution in [0.25, 0.3) is 10.8 Å². The Hall–Kier alpha value is -1.36. The number of fused-ring (bicyclic) bond motifs is 1. The first-order chi connectivity index (χ1) is 6.68. The van der Waals surface area contributed by atoms with Crippen LogP contribution in [0.2, 0.25) is 5.15 Å². The van der Waals surface area contributed by atoms with Crippen LogP contribution in [0, 0.1) is 5.21 Å². The first-order valence-corrected chi connectivity index (χ1v) is 4.26. The number of pyridine rings is 1. The molecule has 1 aromatic heterocycles. The molecule has 0 atom stereocenters. The molecule has 0 fully saturated rings. The molecular weight excluding hydrogens is 204 g/mol. The minimum Gasteiger partial charge on any atom is -0.733 e. The summed E-state index contributed by atoms with van der Waals surface area (Å²) in [5.41, 5.74) is 0.132. The van der Waals surface area contributed by atoms with Crippen molar-refractivity contribution in [3.63, 3.8) is 0 Å². The molecule has 0 radical (unpaired) electrons. The lowest BCUT2D eigenvalue weighted by Crippen LogP contribution is -2.06. The van der Waals surface area contributed by atoms with Crippen molar-refractivity contribution in [2.24, 2.45) is 0 Å². The molecule has 5 heteroatoms. The van der Waals surface area contributed by atoms with E-state index in [9.17, 15) is 5.21 Å². The molecule has 0 saturated carbocycles. The van der Waals surface area contributed by atoms with Gasteiger partial charge in [-0.25, -0.2) is 4.98 Å². The van der Waals surface area contributed by atoms with Crippen LogP contribution in [-0.2, 0) is 0 Å². The van der Waals surface area contributed by atoms with Gasteiger partial charge in [-0.15, -0.1) is 0 Å². The molecule has 0 spiro atoms. The van der Waals surface area contributed by atoms with Gasteiger partial charge in [0, 0.05) is 11.6 Å². The molecule has 0 amide bonds. The number of hydrogen-bond donors (Lipinski definition) is 1. The van der Waals surface area contributed by atoms with Gasteiger partial charge in [-0.1, -0.05) is 17.7 Å². The van der Waals surface area contributed by atoms with Crippen molar-refractivity contribution in [2.75, 3.05) is 5.23 Å². The minimum absolute atomic E-state index is 0.132. The lowest BCUT2D eigenvalue weighted by molar-refractivity contribution is 0.296. The van der Waals surface area contributed by atoms with Crippen molar-refractivity contribution < 1.29 is 5.21 Å². The third-order valence-corrected chi connectivity index (χ3v) is 2.22. The van der Waals surface area contributed by atoms with Gasteiger partial charge in [-0.3, -0.25) is 5.21 Å². The van der Waals surface area contributed by atoms with Crippen molar-refractivity contribution in [3.8, 4) is 0 Å². The van der Waals surface area contributed by atoms with Crippen LogP contribution in [-0.4, -0.2) is 10.2 Å². The fourth-order valence-corrected chi connectivity index (χ4v) is 1.46. The summed E-state index contributed by atoms with van der Waals surface area (Å²) in [6.45, 7) is 0. The number of hydrogen-bond acceptors (Lipinski definition) is 4. The maximum absolute atomic E-state index is 10.6. The molecule has 72 valence electrons. The summed E-state index contributed by atoms with van der Waals surface area (Å²) in [6.07, 6.45) is 1.58. The predicted molar refractivity (Wildman–Crippen MR) is 54.4 cm³/mol. The van der Waals surface area contributed by atoms with E-state index >= 15 is 0 Å². The molecule has 2 rings (SSSR count). The molecule has 1 N–H and O–H groups in total. The van der Waals surface area contributed by atoms with Crippen molar-refractivity contribution >= 4 is 28.1 Å². The smallest absolute Gasteiger partial charge is 0.136 e. The molecule has 0 unspecified atom stereocenters. The summed E-state index contributed by atoms with van der Waals surface area (Å²) in [5.74, 6) is 0. The quantitative estimate of drug-likeness (QED) is 0.579. The molecule has 1 heterocycles. The van der Waals surface area contributed by atoms with Gasteiger partial charge in [-0.2, -0.15) is 0 Å². The standard InChI is InChI=1S/C9H6ClN2O2/c10-9-8-5-7(12(13)14)2-1-6(8)3-4-11-9/h1-5,13H/q-1. The zero-order valence-electron chi connectivity index (χ0n) is 7.01. The van der Waals surface area contributed by atoms with Crippen LogP contribution < -0.4 is 5.23 Å². The van der Waals surface area contributed by atoms with Crippen molar-refractivity contribution in [1.29, 1.82) is 0 Å². The van der Waals surface area contributed by atoms with E-state index in [1.165, 1.54) is 12.1 Å². The molecule has 1 aromatic carbocycles. The molecule has 0 aliphatic heterocycles. The van der Waals surface area contributed by atoms with Crippen LogP contribution in [0.4, 0.5) is 5.69 Å². The van der Waals surface area contributed by atoms with E-state index in [0.29, 0.717) is 10.5 Å². The van der Waals surface area contributed by atoms with Crippen LogP contribution in [0.3, 0.4) is 0 Å². The summed E-state index contributed by atoms with van der Waals surface area (Å²) < 4.78 is 0. The Morgan fingerprint density at radius 2 is 2.14 bits per heavy atom. The normalized spacial score (nSPS) is 10.5. The van der Waals surface area contributed by atoms with Crippen molar-refractivity contribution in [3.05, 3.63) is 40.8 Å². The van der Waals surface area contributed by atoms with E-state index in [-0.39, 0.29) is 10.9 Å². The average Bonchev–Trinajstić information content (AvgIpc) is 2.18. The fraction of sp³-hybridized carbons (Fsp3) is 0. The molecule has 2 aromatic rings. The highest BCUT2D eigenvalue weighted by atomic mass is 35.5. The summed E-state index contributed by atoms with van der Waals surface area (Å²) in [7, 11) is 0. The van der Waals surface area contributed by atoms with Crippen molar-refractivity contribution in [2.45, 2.75) is 0 Å². The fourth-order valence-electron chi connectivity index (χ4n) is 1.24. The summed E-state index contributed by atoms with van der Waals surface area (Å²) in [4.78, 5) is 3.87. The maximum atomic E-state index is 10.6. The monoisotopic (exact) mass is 209 g/mol. The third-order valence-electron chi connectivity index (χ3n) is 1.92. The Labute approximate surface area is 84.9 Å². The van der Waals surface area contributed by atoms with Gasteiger partial charge in [0.25, 0.3) is 0 Å². The Balaban J connectivity index is 2.70. The van der Waals surface area contributed by atoms with E-state index in [1.54, 1.807) is 18.3 Å². The van der Waals surface area contributed by atoms with Crippen LogP contribution >= 0.6 is 11.6 Å². The molecule has 0 saturated heterocycles. The van der Waals surface area contributed by atoms with Gasteiger partial charge < -0.3 is 10.4 Å². The molecule has 4 nitrogen and oxygen atoms in total. The summed E-state index contributed by atoms with van der Waals surface area (Å²) in [5, 5.41) is 20.9. The topological polar surface area (TPSA) is 59.4 Å². The highest BCUT2D eigenvalue weighted by Gasteiger charge is 2.01. The number of anilines is 1. The average molecular weight is 210 g/mol. The van der Waals surface area contributed by atoms with E-state index in [4.69, 9.17) is 16.8 Å². The minimum atomic E-state index is -0.206. The van der Waals surface area contributed by atoms with Crippen LogP contribution in [0.15, 0.2) is 30.5 Å². The van der Waals surface area contributed by atoms with Crippen LogP contribution in [0.1, 0.15) is 0 Å². The highest BCUT2D eigenvalue weighted by Crippen LogP contribution is 2.25. The summed E-state index contributed by atoms with van der Waals surface area (Å²) >= 11 is 5.82. The maximum Gasteiger partial charge on any atom is 0.136 e. The zero-order valence-corrected chi connectivity index (χ0v) is 7.77. The lowest BCUT2D eigenvalue weighted by atomic mass is 10.1. The predicted octanol–water partition coefficient (Wildman–Crippen LogP) is 2.58. The van der Waals surface area contributed by atoms with Gasteiger partial charge in [0.15, 0.2) is 0 Å². The number of rotatable bonds is 1. The van der Waals surface area contributed by atoms with Gasteiger partial charge in [0.05, 0.1) is 5.69 Å². The number of halogens is 1. The molecule has 0 aliphatic rings. The Bertz CT molecular complexity index is 473. The first kappa shape index (κ1) is 9.21. The van der Waals surface area contributed by atoms with Gasteiger partial charge in [0.2, 0.25) is 0 Å². The Kier molecular flexibility index (Phi) is 2.25. The van der Waals surface area contributed by atoms with Gasteiger partial charge in [-0.05, 0) is 23.6 Å². The molecule has 0 aliphatic carbocycles. The Morgan fingerprint density at radius 3 is 2.86 bits per heavy atom. The first-order valence-electron chi connectivity index (χ1n) is 3.89. The number of nitrogens with zero attached hydrogens (tertiary/aromatic N) is 2. The second-order valence-electron chi connectivity index (χ2n) is 2.78. The number of benzene rings is 1. The highest BCUT2D eigenvalue weighted by molar-refractivity contribution is 6.34. The molecular formula is C9H6ClN2O2-. The zero-order chi connectivity index (χ0) is 10.1. The van der Waals surface area contributed by atoms with Crippen molar-refractivity contribution in [1.82, 2.24) is 4.98 Å². The van der Waals surface area contributed by atoms with Gasteiger partial charge in [0.1, 0.15) is 5.15 Å². The number of aromatic nitrogens is 1. The van der Waals surface area contributed by atoms with Gasteiger partial charge >= 0.3 is 0 Å². The Morgan fingerprint density at radius 1 is 1.36 bits per heavy atom. The summed E-state index contributed by atoms with van der Waals surface area (Å²) in [6, 6.07) is 6.46.